The molecular formula is C15H21N5O2. The highest BCUT2D eigenvalue weighted by Gasteiger charge is 2.20. The summed E-state index contributed by atoms with van der Waals surface area (Å²) in [6.45, 7) is 0.379. The van der Waals surface area contributed by atoms with Crippen LogP contribution in [-0.2, 0) is 13.6 Å². The van der Waals surface area contributed by atoms with Gasteiger partial charge in [0.2, 0.25) is 5.89 Å². The monoisotopic (exact) mass is 303 g/mol. The second-order valence-electron chi connectivity index (χ2n) is 5.77. The summed E-state index contributed by atoms with van der Waals surface area (Å²) in [7, 11) is 1.74. The van der Waals surface area contributed by atoms with E-state index in [4.69, 9.17) is 10.2 Å². The van der Waals surface area contributed by atoms with E-state index in [1.165, 1.54) is 32.1 Å². The average molecular weight is 303 g/mol. The van der Waals surface area contributed by atoms with Crippen molar-refractivity contribution in [2.24, 2.45) is 12.8 Å². The van der Waals surface area contributed by atoms with Crippen molar-refractivity contribution >= 4 is 11.7 Å². The number of aromatic nitrogens is 3. The van der Waals surface area contributed by atoms with Crippen LogP contribution in [0, 0.1) is 0 Å². The van der Waals surface area contributed by atoms with Crippen LogP contribution in [0.5, 0.6) is 0 Å². The molecule has 118 valence electrons. The molecule has 7 nitrogen and oxygen atoms in total. The quantitative estimate of drug-likeness (QED) is 0.882. The average Bonchev–Trinajstić information content (AvgIpc) is 3.12. The number of carbonyl (C=O) groups is 1. The molecule has 1 saturated carbocycles. The van der Waals surface area contributed by atoms with E-state index in [1.807, 2.05) is 6.20 Å². The summed E-state index contributed by atoms with van der Waals surface area (Å²) in [6, 6.07) is 0. The van der Waals surface area contributed by atoms with Gasteiger partial charge in [0, 0.05) is 19.2 Å². The molecule has 1 aliphatic rings. The summed E-state index contributed by atoms with van der Waals surface area (Å²) in [5.41, 5.74) is 5.69. The fraction of sp³-hybridized carbons (Fsp3) is 0.533. The Labute approximate surface area is 128 Å². The Hall–Kier alpha value is -2.31. The molecule has 1 amide bonds. The summed E-state index contributed by atoms with van der Waals surface area (Å²) in [6.07, 6.45) is 9.59. The molecule has 2 aromatic heterocycles. The van der Waals surface area contributed by atoms with Gasteiger partial charge in [-0.25, -0.2) is 4.98 Å². The van der Waals surface area contributed by atoms with Gasteiger partial charge in [-0.2, -0.15) is 5.10 Å². The van der Waals surface area contributed by atoms with Crippen molar-refractivity contribution in [3.63, 3.8) is 0 Å². The van der Waals surface area contributed by atoms with Crippen molar-refractivity contribution in [2.75, 3.05) is 5.32 Å². The Morgan fingerprint density at radius 1 is 1.45 bits per heavy atom. The van der Waals surface area contributed by atoms with E-state index in [1.54, 1.807) is 17.9 Å². The van der Waals surface area contributed by atoms with Crippen LogP contribution < -0.4 is 11.1 Å². The Kier molecular flexibility index (Phi) is 4.13. The van der Waals surface area contributed by atoms with Gasteiger partial charge in [0.25, 0.3) is 5.91 Å². The van der Waals surface area contributed by atoms with Gasteiger partial charge in [-0.05, 0) is 12.8 Å². The van der Waals surface area contributed by atoms with E-state index < -0.39 is 5.91 Å². The normalized spacial score (nSPS) is 15.9. The third-order valence-corrected chi connectivity index (χ3v) is 4.08. The number of nitrogens with zero attached hydrogens (tertiary/aromatic N) is 3. The van der Waals surface area contributed by atoms with Crippen molar-refractivity contribution in [3.8, 4) is 0 Å². The number of primary amides is 1. The van der Waals surface area contributed by atoms with Crippen LogP contribution in [0.25, 0.3) is 0 Å². The first-order valence-corrected chi connectivity index (χ1v) is 7.65. The summed E-state index contributed by atoms with van der Waals surface area (Å²) in [4.78, 5) is 15.7. The molecule has 1 aliphatic carbocycles. The third kappa shape index (κ3) is 3.13. The van der Waals surface area contributed by atoms with Crippen LogP contribution in [0.2, 0.25) is 0 Å². The van der Waals surface area contributed by atoms with Gasteiger partial charge in [-0.15, -0.1) is 0 Å². The minimum absolute atomic E-state index is 0.363. The second kappa shape index (κ2) is 6.21. The topological polar surface area (TPSA) is 99.0 Å². The number of rotatable bonds is 5. The molecule has 0 spiro atoms. The molecule has 2 heterocycles. The molecule has 0 atom stereocenters. The molecule has 22 heavy (non-hydrogen) atoms. The number of carbonyl (C=O) groups excluding carboxylic acids is 1. The van der Waals surface area contributed by atoms with Crippen LogP contribution in [-0.4, -0.2) is 20.7 Å². The van der Waals surface area contributed by atoms with E-state index in [9.17, 15) is 4.79 Å². The van der Waals surface area contributed by atoms with E-state index in [0.717, 1.165) is 5.76 Å². The number of nitrogens with one attached hydrogen (secondary N) is 1. The highest BCUT2D eigenvalue weighted by molar-refractivity contribution is 5.97. The summed E-state index contributed by atoms with van der Waals surface area (Å²) < 4.78 is 7.37. The first-order valence-electron chi connectivity index (χ1n) is 7.65. The molecule has 0 bridgehead atoms. The number of hydrogen-bond donors (Lipinski definition) is 2. The molecule has 3 rings (SSSR count). The smallest absolute Gasteiger partial charge is 0.254 e. The zero-order valence-corrected chi connectivity index (χ0v) is 12.7. The van der Waals surface area contributed by atoms with Gasteiger partial charge >= 0.3 is 0 Å². The first kappa shape index (κ1) is 14.6. The predicted molar refractivity (Wildman–Crippen MR) is 81.4 cm³/mol. The predicted octanol–water partition coefficient (Wildman–Crippen LogP) is 2.17. The van der Waals surface area contributed by atoms with Gasteiger partial charge in [0.15, 0.2) is 5.82 Å². The Balaban J connectivity index is 1.64. The Morgan fingerprint density at radius 3 is 2.95 bits per heavy atom. The Bertz CT molecular complexity index is 655. The van der Waals surface area contributed by atoms with Crippen LogP contribution in [0.1, 0.15) is 60.0 Å². The molecule has 7 heteroatoms. The van der Waals surface area contributed by atoms with Gasteiger partial charge in [0.1, 0.15) is 11.3 Å². The fourth-order valence-corrected chi connectivity index (χ4v) is 2.94. The molecular weight excluding hydrogens is 282 g/mol. The zero-order chi connectivity index (χ0) is 15.5. The second-order valence-corrected chi connectivity index (χ2v) is 5.77. The summed E-state index contributed by atoms with van der Waals surface area (Å²) >= 11 is 0. The summed E-state index contributed by atoms with van der Waals surface area (Å²) in [5.74, 6) is 2.00. The largest absolute Gasteiger partial charge is 0.444 e. The lowest BCUT2D eigenvalue weighted by atomic mass is 9.88. The number of hydrogen-bond acceptors (Lipinski definition) is 5. The molecule has 0 saturated heterocycles. The maximum Gasteiger partial charge on any atom is 0.254 e. The molecule has 0 aromatic carbocycles. The maximum atomic E-state index is 11.3. The molecule has 0 aliphatic heterocycles. The number of amides is 1. The molecule has 0 unspecified atom stereocenters. The first-order chi connectivity index (χ1) is 10.6. The van der Waals surface area contributed by atoms with Crippen molar-refractivity contribution < 1.29 is 9.21 Å². The molecule has 3 N–H and O–H groups in total. The SMILES string of the molecule is Cn1cc(C(N)=O)c(NCc2ncc(C3CCCCC3)o2)n1. The van der Waals surface area contributed by atoms with Crippen molar-refractivity contribution in [1.29, 1.82) is 0 Å². The van der Waals surface area contributed by atoms with E-state index in [2.05, 4.69) is 15.4 Å². The van der Waals surface area contributed by atoms with Crippen LogP contribution in [0.3, 0.4) is 0 Å². The van der Waals surface area contributed by atoms with Crippen LogP contribution in [0.4, 0.5) is 5.82 Å². The molecule has 0 radical (unpaired) electrons. The Morgan fingerprint density at radius 2 is 2.23 bits per heavy atom. The van der Waals surface area contributed by atoms with Crippen LogP contribution >= 0.6 is 0 Å². The lowest BCUT2D eigenvalue weighted by molar-refractivity contribution is 0.100. The number of anilines is 1. The van der Waals surface area contributed by atoms with Crippen molar-refractivity contribution in [1.82, 2.24) is 14.8 Å². The minimum Gasteiger partial charge on any atom is -0.444 e. The van der Waals surface area contributed by atoms with Gasteiger partial charge < -0.3 is 15.5 Å². The standard InChI is InChI=1S/C15H21N5O2/c1-20-9-11(14(16)21)15(19-20)18-8-13-17-7-12(22-13)10-5-3-2-4-6-10/h7,9-10H,2-6,8H2,1H3,(H2,16,21)(H,18,19). The van der Waals surface area contributed by atoms with Crippen molar-refractivity contribution in [2.45, 2.75) is 44.6 Å². The highest BCUT2D eigenvalue weighted by Crippen LogP contribution is 2.32. The maximum absolute atomic E-state index is 11.3. The number of nitrogens with two attached hydrogens (primary N) is 1. The minimum atomic E-state index is -0.508. The summed E-state index contributed by atoms with van der Waals surface area (Å²) in [5, 5.41) is 7.24. The van der Waals surface area contributed by atoms with Crippen LogP contribution in [0.15, 0.2) is 16.8 Å². The van der Waals surface area contributed by atoms with E-state index in [-0.39, 0.29) is 0 Å². The number of aryl methyl sites for hydroxylation is 1. The van der Waals surface area contributed by atoms with Gasteiger partial charge in [-0.3, -0.25) is 9.48 Å². The van der Waals surface area contributed by atoms with Gasteiger partial charge in [-0.1, -0.05) is 19.3 Å². The van der Waals surface area contributed by atoms with Gasteiger partial charge in [0.05, 0.1) is 12.7 Å². The zero-order valence-electron chi connectivity index (χ0n) is 12.7. The molecule has 1 fully saturated rings. The van der Waals surface area contributed by atoms with E-state index >= 15 is 0 Å². The lowest BCUT2D eigenvalue weighted by Gasteiger charge is -2.18. The van der Waals surface area contributed by atoms with Crippen molar-refractivity contribution in [3.05, 3.63) is 29.6 Å². The molecule has 2 aromatic rings. The number of oxazole rings is 1. The fourth-order valence-electron chi connectivity index (χ4n) is 2.94. The highest BCUT2D eigenvalue weighted by atomic mass is 16.4. The third-order valence-electron chi connectivity index (χ3n) is 4.08. The van der Waals surface area contributed by atoms with E-state index in [0.29, 0.717) is 29.7 Å². The lowest BCUT2D eigenvalue weighted by Crippen LogP contribution is -2.13.